The zero-order valence-corrected chi connectivity index (χ0v) is 23.8. The van der Waals surface area contributed by atoms with Gasteiger partial charge in [-0.1, -0.05) is 111 Å². The predicted octanol–water partition coefficient (Wildman–Crippen LogP) is 7.36. The van der Waals surface area contributed by atoms with E-state index in [2.05, 4.69) is 99.5 Å². The molecular weight excluding hydrogens is 504 g/mol. The number of piperazine rings is 1. The Morgan fingerprint density at radius 3 is 2.41 bits per heavy atom. The zero-order valence-electron chi connectivity index (χ0n) is 23.8. The summed E-state index contributed by atoms with van der Waals surface area (Å²) in [5.74, 6) is 0.124. The summed E-state index contributed by atoms with van der Waals surface area (Å²) in [4.78, 5) is 26.5. The molecule has 0 bridgehead atoms. The maximum Gasteiger partial charge on any atom is 0.254 e. The summed E-state index contributed by atoms with van der Waals surface area (Å²) in [6, 6.07) is 33.8. The molecule has 2 heterocycles. The number of carbonyl (C=O) groups is 1. The van der Waals surface area contributed by atoms with Crippen LogP contribution >= 0.6 is 0 Å². The zero-order chi connectivity index (χ0) is 28.1. The largest absolute Gasteiger partial charge is 0.348 e. The molecule has 0 radical (unpaired) electrons. The van der Waals surface area contributed by atoms with Crippen LogP contribution in [0.15, 0.2) is 110 Å². The minimum Gasteiger partial charge on any atom is -0.348 e. The quantitative estimate of drug-likeness (QED) is 0.212. The van der Waals surface area contributed by atoms with Crippen LogP contribution in [0.1, 0.15) is 47.8 Å². The third-order valence-corrected chi connectivity index (χ3v) is 8.61. The fraction of sp³-hybridized carbons (Fsp3) is 0.278. The van der Waals surface area contributed by atoms with Crippen molar-refractivity contribution < 1.29 is 4.79 Å². The number of rotatable bonds is 9. The van der Waals surface area contributed by atoms with E-state index in [1.54, 1.807) is 6.33 Å². The number of amides is 1. The molecule has 5 nitrogen and oxygen atoms in total. The Morgan fingerprint density at radius 1 is 0.878 bits per heavy atom. The maximum atomic E-state index is 14.1. The van der Waals surface area contributed by atoms with Gasteiger partial charge in [0, 0.05) is 55.6 Å². The molecule has 1 aromatic heterocycles. The fourth-order valence-electron chi connectivity index (χ4n) is 6.40. The van der Waals surface area contributed by atoms with Crippen LogP contribution in [0.4, 0.5) is 0 Å². The summed E-state index contributed by atoms with van der Waals surface area (Å²) in [6.45, 7) is 5.33. The molecule has 6 rings (SSSR count). The van der Waals surface area contributed by atoms with Crippen molar-refractivity contribution in [3.05, 3.63) is 126 Å². The van der Waals surface area contributed by atoms with Crippen molar-refractivity contribution in [2.45, 2.75) is 44.7 Å². The number of hydrogen-bond donors (Lipinski definition) is 1. The third-order valence-electron chi connectivity index (χ3n) is 8.61. The highest BCUT2D eigenvalue weighted by atomic mass is 16.2. The van der Waals surface area contributed by atoms with E-state index in [-0.39, 0.29) is 11.4 Å². The average molecular weight is 543 g/mol. The topological polar surface area (TPSA) is 52.2 Å². The van der Waals surface area contributed by atoms with Crippen LogP contribution in [0.25, 0.3) is 21.9 Å². The number of aromatic amines is 1. The van der Waals surface area contributed by atoms with Crippen molar-refractivity contribution in [3.8, 4) is 11.1 Å². The third kappa shape index (κ3) is 5.82. The summed E-state index contributed by atoms with van der Waals surface area (Å²) in [5.41, 5.74) is 5.47. The van der Waals surface area contributed by atoms with Crippen LogP contribution in [-0.4, -0.2) is 50.8 Å². The van der Waals surface area contributed by atoms with E-state index in [0.717, 1.165) is 60.8 Å². The molecule has 1 amide bonds. The molecule has 0 spiro atoms. The first kappa shape index (κ1) is 27.0. The predicted molar refractivity (Wildman–Crippen MR) is 167 cm³/mol. The number of unbranched alkanes of at least 4 members (excludes halogenated alkanes) is 1. The molecule has 4 aromatic carbocycles. The molecule has 0 unspecified atom stereocenters. The van der Waals surface area contributed by atoms with Gasteiger partial charge in [-0.25, -0.2) is 4.98 Å². The molecule has 1 N–H and O–H groups in total. The van der Waals surface area contributed by atoms with E-state index in [1.165, 1.54) is 16.7 Å². The molecule has 1 aliphatic rings. The van der Waals surface area contributed by atoms with E-state index in [0.29, 0.717) is 13.1 Å². The number of benzene rings is 4. The van der Waals surface area contributed by atoms with Gasteiger partial charge in [0.05, 0.1) is 6.33 Å². The molecule has 1 aliphatic heterocycles. The van der Waals surface area contributed by atoms with Gasteiger partial charge in [-0.05, 0) is 39.9 Å². The number of H-pyrrole nitrogens is 1. The van der Waals surface area contributed by atoms with Gasteiger partial charge in [0.15, 0.2) is 0 Å². The van der Waals surface area contributed by atoms with Crippen LogP contribution in [0.3, 0.4) is 0 Å². The molecule has 41 heavy (non-hydrogen) atoms. The second-order valence-electron chi connectivity index (χ2n) is 11.3. The van der Waals surface area contributed by atoms with E-state index >= 15 is 0 Å². The first-order valence-electron chi connectivity index (χ1n) is 14.8. The number of nitrogens with zero attached hydrogens (tertiary/aromatic N) is 3. The van der Waals surface area contributed by atoms with Crippen molar-refractivity contribution in [1.82, 2.24) is 19.8 Å². The minimum absolute atomic E-state index is 0.124. The van der Waals surface area contributed by atoms with Crippen LogP contribution in [0.2, 0.25) is 0 Å². The van der Waals surface area contributed by atoms with Gasteiger partial charge in [-0.2, -0.15) is 0 Å². The Bertz CT molecular complexity index is 1570. The molecule has 0 saturated carbocycles. The molecular formula is C36H38N4O. The second-order valence-corrected chi connectivity index (χ2v) is 11.3. The average Bonchev–Trinajstić information content (AvgIpc) is 3.54. The van der Waals surface area contributed by atoms with Crippen molar-refractivity contribution in [2.75, 3.05) is 19.6 Å². The molecule has 0 aliphatic carbocycles. The van der Waals surface area contributed by atoms with Gasteiger partial charge in [0.25, 0.3) is 5.91 Å². The SMILES string of the molecule is CCCC[C@]1(Cc2cnc[nH]2)CN(C(=O)c2cccc3ccccc23)CCN1Cc1ccc(-c2ccccc2)cc1. The lowest BCUT2D eigenvalue weighted by Gasteiger charge is -2.51. The first-order chi connectivity index (χ1) is 20.1. The number of imidazole rings is 1. The number of aromatic nitrogens is 2. The molecule has 5 heteroatoms. The van der Waals surface area contributed by atoms with Gasteiger partial charge in [-0.3, -0.25) is 9.69 Å². The standard InChI is InChI=1S/C36H38N4O/c1-2-3-20-36(23-32-24-37-27-38-32)26-39(35(41)34-15-9-13-31-12-7-8-14-33(31)34)21-22-40(36)25-28-16-18-30(19-17-28)29-10-5-4-6-11-29/h4-19,24,27H,2-3,20-23,25-26H2,1H3,(H,37,38)/t36-/m0/s1. The number of nitrogens with one attached hydrogen (secondary N) is 1. The molecule has 1 saturated heterocycles. The van der Waals surface area contributed by atoms with Crippen LogP contribution < -0.4 is 0 Å². The lowest BCUT2D eigenvalue weighted by atomic mass is 9.82. The second kappa shape index (κ2) is 12.1. The number of fused-ring (bicyclic) bond motifs is 1. The summed E-state index contributed by atoms with van der Waals surface area (Å²) in [7, 11) is 0. The van der Waals surface area contributed by atoms with Crippen molar-refractivity contribution in [3.63, 3.8) is 0 Å². The summed E-state index contributed by atoms with van der Waals surface area (Å²) in [6.07, 6.45) is 7.76. The Morgan fingerprint density at radius 2 is 1.63 bits per heavy atom. The fourth-order valence-corrected chi connectivity index (χ4v) is 6.40. The Labute approximate surface area is 242 Å². The lowest BCUT2D eigenvalue weighted by molar-refractivity contribution is -0.0114. The highest BCUT2D eigenvalue weighted by molar-refractivity contribution is 6.07. The van der Waals surface area contributed by atoms with E-state index in [9.17, 15) is 4.79 Å². The normalized spacial score (nSPS) is 17.6. The van der Waals surface area contributed by atoms with Gasteiger partial charge in [-0.15, -0.1) is 0 Å². The summed E-state index contributed by atoms with van der Waals surface area (Å²) >= 11 is 0. The molecule has 1 fully saturated rings. The summed E-state index contributed by atoms with van der Waals surface area (Å²) in [5, 5.41) is 2.12. The van der Waals surface area contributed by atoms with Crippen LogP contribution in [-0.2, 0) is 13.0 Å². The Balaban J connectivity index is 1.31. The van der Waals surface area contributed by atoms with Crippen molar-refractivity contribution in [1.29, 1.82) is 0 Å². The lowest BCUT2D eigenvalue weighted by Crippen LogP contribution is -2.64. The molecule has 5 aromatic rings. The molecule has 1 atom stereocenters. The monoisotopic (exact) mass is 542 g/mol. The first-order valence-corrected chi connectivity index (χ1v) is 14.8. The van der Waals surface area contributed by atoms with Crippen LogP contribution in [0, 0.1) is 0 Å². The van der Waals surface area contributed by atoms with Crippen LogP contribution in [0.5, 0.6) is 0 Å². The highest BCUT2D eigenvalue weighted by Crippen LogP contribution is 2.34. The Kier molecular flexibility index (Phi) is 7.97. The van der Waals surface area contributed by atoms with Gasteiger partial charge >= 0.3 is 0 Å². The van der Waals surface area contributed by atoms with E-state index in [4.69, 9.17) is 0 Å². The highest BCUT2D eigenvalue weighted by Gasteiger charge is 2.43. The smallest absolute Gasteiger partial charge is 0.254 e. The van der Waals surface area contributed by atoms with E-state index < -0.39 is 0 Å². The maximum absolute atomic E-state index is 14.1. The van der Waals surface area contributed by atoms with E-state index in [1.807, 2.05) is 30.5 Å². The Hall–Kier alpha value is -4.22. The van der Waals surface area contributed by atoms with Crippen molar-refractivity contribution in [2.24, 2.45) is 0 Å². The minimum atomic E-state index is -0.195. The van der Waals surface area contributed by atoms with Gasteiger partial charge in [0.1, 0.15) is 0 Å². The van der Waals surface area contributed by atoms with Crippen molar-refractivity contribution >= 4 is 16.7 Å². The number of carbonyl (C=O) groups excluding carboxylic acids is 1. The molecule has 208 valence electrons. The van der Waals surface area contributed by atoms with Gasteiger partial charge in [0.2, 0.25) is 0 Å². The summed E-state index contributed by atoms with van der Waals surface area (Å²) < 4.78 is 0. The van der Waals surface area contributed by atoms with Gasteiger partial charge < -0.3 is 9.88 Å². The number of hydrogen-bond acceptors (Lipinski definition) is 3.